The maximum atomic E-state index is 11.5. The smallest absolute Gasteiger partial charge is 0.241 e. The Morgan fingerprint density at radius 3 is 3.06 bits per heavy atom. The van der Waals surface area contributed by atoms with Gasteiger partial charge < -0.3 is 11.1 Å². The molecular weight excluding hydrogens is 224 g/mol. The Morgan fingerprint density at radius 1 is 1.75 bits per heavy atom. The number of hydrogen-bond acceptors (Lipinski definition) is 4. The van der Waals surface area contributed by atoms with Crippen LogP contribution in [0.15, 0.2) is 12.4 Å². The highest BCUT2D eigenvalue weighted by molar-refractivity contribution is 7.98. The normalized spacial score (nSPS) is 12.4. The molecule has 0 aliphatic carbocycles. The topological polar surface area (TPSA) is 72.9 Å². The zero-order valence-electron chi connectivity index (χ0n) is 9.64. The lowest BCUT2D eigenvalue weighted by atomic mass is 10.2. The number of rotatable bonds is 6. The molecule has 0 saturated heterocycles. The van der Waals surface area contributed by atoms with Crippen LogP contribution in [0.4, 0.5) is 5.69 Å². The van der Waals surface area contributed by atoms with Crippen LogP contribution in [0.5, 0.6) is 0 Å². The maximum absolute atomic E-state index is 11.5. The molecule has 1 rings (SSSR count). The summed E-state index contributed by atoms with van der Waals surface area (Å²) in [6.45, 7) is 3.04. The summed E-state index contributed by atoms with van der Waals surface area (Å²) >= 11 is 1.78. The van der Waals surface area contributed by atoms with E-state index in [2.05, 4.69) is 23.6 Å². The van der Waals surface area contributed by atoms with Crippen LogP contribution in [0.3, 0.4) is 0 Å². The van der Waals surface area contributed by atoms with Gasteiger partial charge in [0.15, 0.2) is 0 Å². The van der Waals surface area contributed by atoms with Crippen LogP contribution in [0.1, 0.15) is 6.92 Å². The van der Waals surface area contributed by atoms with E-state index in [9.17, 15) is 4.79 Å². The molecule has 1 atom stereocenters. The van der Waals surface area contributed by atoms with Crippen LogP contribution in [-0.4, -0.2) is 34.2 Å². The Morgan fingerprint density at radius 2 is 2.50 bits per heavy atom. The van der Waals surface area contributed by atoms with Gasteiger partial charge in [-0.25, -0.2) is 0 Å². The average Bonchev–Trinajstić information content (AvgIpc) is 2.61. The number of nitrogen functional groups attached to an aromatic ring is 1. The Balaban J connectivity index is 2.26. The summed E-state index contributed by atoms with van der Waals surface area (Å²) in [5.74, 6) is 1.51. The largest absolute Gasteiger partial charge is 0.396 e. The lowest BCUT2D eigenvalue weighted by Crippen LogP contribution is -2.32. The van der Waals surface area contributed by atoms with Crippen LogP contribution < -0.4 is 11.1 Å². The fourth-order valence-electron chi connectivity index (χ4n) is 1.30. The zero-order chi connectivity index (χ0) is 12.0. The molecule has 3 N–H and O–H groups in total. The lowest BCUT2D eigenvalue weighted by Gasteiger charge is -2.10. The summed E-state index contributed by atoms with van der Waals surface area (Å²) in [6.07, 6.45) is 5.24. The Bertz CT molecular complexity index is 339. The van der Waals surface area contributed by atoms with E-state index in [1.54, 1.807) is 18.0 Å². The average molecular weight is 242 g/mol. The number of carbonyl (C=O) groups is 1. The van der Waals surface area contributed by atoms with E-state index in [1.165, 1.54) is 10.9 Å². The lowest BCUT2D eigenvalue weighted by molar-refractivity contribution is -0.121. The van der Waals surface area contributed by atoms with E-state index in [0.29, 0.717) is 18.2 Å². The van der Waals surface area contributed by atoms with Crippen LogP contribution >= 0.6 is 11.8 Å². The van der Waals surface area contributed by atoms with Gasteiger partial charge in [0, 0.05) is 12.7 Å². The first-order valence-electron chi connectivity index (χ1n) is 5.15. The number of nitrogens with one attached hydrogen (secondary N) is 1. The van der Waals surface area contributed by atoms with Crippen molar-refractivity contribution in [2.24, 2.45) is 5.92 Å². The molecule has 5 nitrogen and oxygen atoms in total. The third-order valence-corrected chi connectivity index (χ3v) is 2.96. The molecule has 1 aromatic rings. The molecule has 0 spiro atoms. The van der Waals surface area contributed by atoms with Crippen molar-refractivity contribution in [1.82, 2.24) is 15.1 Å². The number of hydrogen-bond donors (Lipinski definition) is 2. The van der Waals surface area contributed by atoms with Gasteiger partial charge in [0.1, 0.15) is 6.54 Å². The minimum Gasteiger partial charge on any atom is -0.396 e. The fourth-order valence-corrected chi connectivity index (χ4v) is 1.99. The highest BCUT2D eigenvalue weighted by atomic mass is 32.2. The second kappa shape index (κ2) is 6.42. The molecule has 16 heavy (non-hydrogen) atoms. The summed E-state index contributed by atoms with van der Waals surface area (Å²) in [7, 11) is 0. The van der Waals surface area contributed by atoms with Gasteiger partial charge in [-0.3, -0.25) is 9.48 Å². The molecule has 90 valence electrons. The molecule has 0 radical (unpaired) electrons. The van der Waals surface area contributed by atoms with Crippen molar-refractivity contribution in [1.29, 1.82) is 0 Å². The van der Waals surface area contributed by atoms with E-state index in [0.717, 1.165) is 5.75 Å². The van der Waals surface area contributed by atoms with Crippen LogP contribution in [-0.2, 0) is 11.3 Å². The van der Waals surface area contributed by atoms with Gasteiger partial charge in [-0.2, -0.15) is 16.9 Å². The number of nitrogens with two attached hydrogens (primary N) is 1. The summed E-state index contributed by atoms with van der Waals surface area (Å²) in [4.78, 5) is 11.5. The second-order valence-electron chi connectivity index (χ2n) is 3.84. The van der Waals surface area contributed by atoms with Gasteiger partial charge >= 0.3 is 0 Å². The standard InChI is InChI=1S/C10H18N4OS/c1-8(7-16-2)3-12-10(15)6-14-5-9(11)4-13-14/h4-5,8H,3,6-7,11H2,1-2H3,(H,12,15). The molecule has 0 aliphatic heterocycles. The Labute approximate surface area is 99.8 Å². The number of thioether (sulfide) groups is 1. The first-order valence-corrected chi connectivity index (χ1v) is 6.54. The Kier molecular flexibility index (Phi) is 5.18. The molecule has 1 heterocycles. The first-order chi connectivity index (χ1) is 7.61. The number of anilines is 1. The molecule has 0 fully saturated rings. The molecule has 1 amide bonds. The first kappa shape index (κ1) is 12.9. The second-order valence-corrected chi connectivity index (χ2v) is 4.75. The van der Waals surface area contributed by atoms with Gasteiger partial charge in [0.25, 0.3) is 0 Å². The number of amides is 1. The minimum absolute atomic E-state index is 0.0314. The highest BCUT2D eigenvalue weighted by Crippen LogP contribution is 2.02. The monoisotopic (exact) mass is 242 g/mol. The number of aromatic nitrogens is 2. The molecule has 0 bridgehead atoms. The third kappa shape index (κ3) is 4.57. The van der Waals surface area contributed by atoms with E-state index in [4.69, 9.17) is 5.73 Å². The van der Waals surface area contributed by atoms with Crippen LogP contribution in [0, 0.1) is 5.92 Å². The Hall–Kier alpha value is -1.17. The predicted molar refractivity (Wildman–Crippen MR) is 67.2 cm³/mol. The summed E-state index contributed by atoms with van der Waals surface area (Å²) in [5.41, 5.74) is 6.07. The third-order valence-electron chi connectivity index (χ3n) is 2.06. The summed E-state index contributed by atoms with van der Waals surface area (Å²) in [5, 5.41) is 6.82. The molecule has 0 aliphatic rings. The van der Waals surface area contributed by atoms with Gasteiger partial charge in [0.05, 0.1) is 11.9 Å². The van der Waals surface area contributed by atoms with Crippen molar-refractivity contribution in [3.05, 3.63) is 12.4 Å². The van der Waals surface area contributed by atoms with Crippen molar-refractivity contribution in [2.75, 3.05) is 24.3 Å². The summed E-state index contributed by atoms with van der Waals surface area (Å²) < 4.78 is 1.53. The van der Waals surface area contributed by atoms with E-state index in [-0.39, 0.29) is 12.5 Å². The number of nitrogens with zero attached hydrogens (tertiary/aromatic N) is 2. The van der Waals surface area contributed by atoms with Crippen molar-refractivity contribution < 1.29 is 4.79 Å². The molecule has 1 unspecified atom stereocenters. The van der Waals surface area contributed by atoms with Crippen molar-refractivity contribution in [3.8, 4) is 0 Å². The van der Waals surface area contributed by atoms with E-state index in [1.807, 2.05) is 0 Å². The van der Waals surface area contributed by atoms with E-state index < -0.39 is 0 Å². The molecule has 1 aromatic heterocycles. The number of carbonyl (C=O) groups excluding carboxylic acids is 1. The van der Waals surface area contributed by atoms with Crippen molar-refractivity contribution in [2.45, 2.75) is 13.5 Å². The molecule has 0 aromatic carbocycles. The van der Waals surface area contributed by atoms with E-state index >= 15 is 0 Å². The van der Waals surface area contributed by atoms with Gasteiger partial charge in [0.2, 0.25) is 5.91 Å². The molecular formula is C10H18N4OS. The maximum Gasteiger partial charge on any atom is 0.241 e. The van der Waals surface area contributed by atoms with Gasteiger partial charge in [-0.1, -0.05) is 6.92 Å². The highest BCUT2D eigenvalue weighted by Gasteiger charge is 2.06. The van der Waals surface area contributed by atoms with Gasteiger partial charge in [-0.15, -0.1) is 0 Å². The van der Waals surface area contributed by atoms with Crippen LogP contribution in [0.2, 0.25) is 0 Å². The van der Waals surface area contributed by atoms with Crippen molar-refractivity contribution in [3.63, 3.8) is 0 Å². The molecule has 6 heteroatoms. The quantitative estimate of drug-likeness (QED) is 0.765. The molecule has 0 saturated carbocycles. The van der Waals surface area contributed by atoms with Gasteiger partial charge in [-0.05, 0) is 17.9 Å². The predicted octanol–water partition coefficient (Wildman–Crippen LogP) is 0.581. The summed E-state index contributed by atoms with van der Waals surface area (Å²) in [6, 6.07) is 0. The minimum atomic E-state index is -0.0314. The van der Waals surface area contributed by atoms with Crippen LogP contribution in [0.25, 0.3) is 0 Å². The van der Waals surface area contributed by atoms with Crippen molar-refractivity contribution >= 4 is 23.4 Å². The fraction of sp³-hybridized carbons (Fsp3) is 0.600. The zero-order valence-corrected chi connectivity index (χ0v) is 10.5. The SMILES string of the molecule is CSCC(C)CNC(=O)Cn1cc(N)cn1.